The summed E-state index contributed by atoms with van der Waals surface area (Å²) in [4.78, 5) is 11.8. The van der Waals surface area contributed by atoms with E-state index in [0.29, 0.717) is 11.3 Å². The maximum atomic E-state index is 11.8. The molecule has 0 aliphatic carbocycles. The van der Waals surface area contributed by atoms with E-state index in [1.54, 1.807) is 31.4 Å². The predicted octanol–water partition coefficient (Wildman–Crippen LogP) is 0.736. The van der Waals surface area contributed by atoms with E-state index in [9.17, 15) is 13.2 Å². The highest BCUT2D eigenvalue weighted by molar-refractivity contribution is 7.94. The first-order chi connectivity index (χ1) is 8.50. The molecule has 1 heterocycles. The molecule has 96 valence electrons. The summed E-state index contributed by atoms with van der Waals surface area (Å²) < 4.78 is 27.4. The molecule has 18 heavy (non-hydrogen) atoms. The number of nitrogens with one attached hydrogen (secondary N) is 1. The number of hydrogen-bond donors (Lipinski definition) is 1. The number of sulfone groups is 1. The van der Waals surface area contributed by atoms with Gasteiger partial charge in [0.25, 0.3) is 5.91 Å². The molecule has 6 heteroatoms. The molecule has 1 aliphatic rings. The zero-order valence-corrected chi connectivity index (χ0v) is 10.6. The Labute approximate surface area is 105 Å². The number of carbonyl (C=O) groups is 1. The first-order valence-electron chi connectivity index (χ1n) is 5.36. The van der Waals surface area contributed by atoms with Gasteiger partial charge in [-0.15, -0.1) is 0 Å². The zero-order chi connectivity index (χ0) is 13.2. The van der Waals surface area contributed by atoms with Crippen LogP contribution in [0, 0.1) is 0 Å². The maximum Gasteiger partial charge on any atom is 0.251 e. The fourth-order valence-electron chi connectivity index (χ4n) is 1.66. The molecule has 0 radical (unpaired) electrons. The minimum absolute atomic E-state index is 0.0745. The Morgan fingerprint density at radius 2 is 2.00 bits per heavy atom. The van der Waals surface area contributed by atoms with E-state index in [1.165, 1.54) is 6.08 Å². The third-order valence-corrected chi connectivity index (χ3v) is 3.99. The van der Waals surface area contributed by atoms with E-state index in [2.05, 4.69) is 5.32 Å². The average Bonchev–Trinajstić information content (AvgIpc) is 2.68. The van der Waals surface area contributed by atoms with Gasteiger partial charge in [-0.05, 0) is 30.3 Å². The van der Waals surface area contributed by atoms with Crippen LogP contribution in [0.25, 0.3) is 0 Å². The smallest absolute Gasteiger partial charge is 0.251 e. The van der Waals surface area contributed by atoms with Crippen molar-refractivity contribution in [2.75, 3.05) is 12.9 Å². The van der Waals surface area contributed by atoms with Gasteiger partial charge in [-0.3, -0.25) is 4.79 Å². The zero-order valence-electron chi connectivity index (χ0n) is 9.79. The van der Waals surface area contributed by atoms with Crippen molar-refractivity contribution >= 4 is 15.7 Å². The van der Waals surface area contributed by atoms with E-state index in [1.807, 2.05) is 0 Å². The standard InChI is InChI=1S/C12H13NO4S/c1-17-11-4-2-9(3-5-11)12(14)13-10-6-7-18(15,16)8-10/h2-7,10H,8H2,1H3,(H,13,14)/t10-/m1/s1. The second-order valence-corrected chi connectivity index (χ2v) is 5.90. The van der Waals surface area contributed by atoms with Crippen LogP contribution < -0.4 is 10.1 Å². The van der Waals surface area contributed by atoms with Gasteiger partial charge in [0.2, 0.25) is 0 Å². The molecule has 1 atom stereocenters. The Morgan fingerprint density at radius 3 is 2.50 bits per heavy atom. The lowest BCUT2D eigenvalue weighted by Crippen LogP contribution is -2.35. The van der Waals surface area contributed by atoms with Gasteiger partial charge in [-0.25, -0.2) is 8.42 Å². The van der Waals surface area contributed by atoms with Crippen molar-refractivity contribution in [3.05, 3.63) is 41.3 Å². The maximum absolute atomic E-state index is 11.8. The molecule has 0 bridgehead atoms. The van der Waals surface area contributed by atoms with Gasteiger partial charge in [0.1, 0.15) is 5.75 Å². The van der Waals surface area contributed by atoms with Gasteiger partial charge < -0.3 is 10.1 Å². The number of carbonyl (C=O) groups excluding carboxylic acids is 1. The van der Waals surface area contributed by atoms with Gasteiger partial charge in [0, 0.05) is 11.0 Å². The molecular weight excluding hydrogens is 254 g/mol. The second kappa shape index (κ2) is 4.81. The molecule has 1 amide bonds. The fourth-order valence-corrected chi connectivity index (χ4v) is 2.90. The van der Waals surface area contributed by atoms with Crippen molar-refractivity contribution in [3.63, 3.8) is 0 Å². The van der Waals surface area contributed by atoms with Gasteiger partial charge in [0.05, 0.1) is 18.9 Å². The van der Waals surface area contributed by atoms with Crippen molar-refractivity contribution in [1.82, 2.24) is 5.32 Å². The lowest BCUT2D eigenvalue weighted by atomic mass is 10.2. The molecular formula is C12H13NO4S. The minimum atomic E-state index is -3.15. The topological polar surface area (TPSA) is 72.5 Å². The van der Waals surface area contributed by atoms with E-state index >= 15 is 0 Å². The molecule has 5 nitrogen and oxygen atoms in total. The normalized spacial score (nSPS) is 20.6. The van der Waals surface area contributed by atoms with Crippen LogP contribution in [0.3, 0.4) is 0 Å². The number of rotatable bonds is 3. The summed E-state index contributed by atoms with van der Waals surface area (Å²) in [6, 6.07) is 6.15. The van der Waals surface area contributed by atoms with E-state index < -0.39 is 15.9 Å². The molecule has 0 unspecified atom stereocenters. The molecule has 0 spiro atoms. The number of amides is 1. The van der Waals surface area contributed by atoms with E-state index in [-0.39, 0.29) is 11.7 Å². The second-order valence-electron chi connectivity index (χ2n) is 3.97. The van der Waals surface area contributed by atoms with Crippen molar-refractivity contribution in [3.8, 4) is 5.75 Å². The molecule has 1 aromatic rings. The average molecular weight is 267 g/mol. The fraction of sp³-hybridized carbons (Fsp3) is 0.250. The quantitative estimate of drug-likeness (QED) is 0.876. The molecule has 2 rings (SSSR count). The van der Waals surface area contributed by atoms with Gasteiger partial charge in [-0.2, -0.15) is 0 Å². The predicted molar refractivity (Wildman–Crippen MR) is 67.2 cm³/mol. The van der Waals surface area contributed by atoms with Crippen molar-refractivity contribution in [2.45, 2.75) is 6.04 Å². The molecule has 0 fully saturated rings. The molecule has 0 saturated carbocycles. The number of methoxy groups -OCH3 is 1. The number of ether oxygens (including phenoxy) is 1. The van der Waals surface area contributed by atoms with Crippen LogP contribution in [0.15, 0.2) is 35.7 Å². The van der Waals surface area contributed by atoms with Gasteiger partial charge in [-0.1, -0.05) is 0 Å². The Hall–Kier alpha value is -1.82. The number of hydrogen-bond acceptors (Lipinski definition) is 4. The molecule has 1 N–H and O–H groups in total. The molecule has 1 aliphatic heterocycles. The summed E-state index contributed by atoms with van der Waals surface area (Å²) in [5.41, 5.74) is 0.466. The van der Waals surface area contributed by atoms with E-state index in [0.717, 1.165) is 5.41 Å². The van der Waals surface area contributed by atoms with Crippen molar-refractivity contribution in [1.29, 1.82) is 0 Å². The Kier molecular flexibility index (Phi) is 3.38. The molecule has 0 saturated heterocycles. The first-order valence-corrected chi connectivity index (χ1v) is 7.07. The van der Waals surface area contributed by atoms with Crippen molar-refractivity contribution in [2.24, 2.45) is 0 Å². The lowest BCUT2D eigenvalue weighted by Gasteiger charge is -2.10. The Morgan fingerprint density at radius 1 is 1.33 bits per heavy atom. The summed E-state index contributed by atoms with van der Waals surface area (Å²) in [5, 5.41) is 3.77. The Balaban J connectivity index is 2.02. The first kappa shape index (κ1) is 12.6. The van der Waals surface area contributed by atoms with E-state index in [4.69, 9.17) is 4.74 Å². The van der Waals surface area contributed by atoms with Crippen LogP contribution in [0.5, 0.6) is 5.75 Å². The van der Waals surface area contributed by atoms with Crippen LogP contribution in [-0.4, -0.2) is 33.2 Å². The highest BCUT2D eigenvalue weighted by atomic mass is 32.2. The summed E-state index contributed by atoms with van der Waals surface area (Å²) in [6.45, 7) is 0. The van der Waals surface area contributed by atoms with Gasteiger partial charge in [0.15, 0.2) is 9.84 Å². The van der Waals surface area contributed by atoms with Crippen molar-refractivity contribution < 1.29 is 17.9 Å². The molecule has 0 aromatic heterocycles. The minimum Gasteiger partial charge on any atom is -0.497 e. The SMILES string of the molecule is COc1ccc(C(=O)N[C@@H]2C=CS(=O)(=O)C2)cc1. The third kappa shape index (κ3) is 2.89. The van der Waals surface area contributed by atoms with Crippen LogP contribution >= 0.6 is 0 Å². The summed E-state index contributed by atoms with van der Waals surface area (Å²) in [5.74, 6) is 0.286. The Bertz CT molecular complexity index is 575. The largest absolute Gasteiger partial charge is 0.497 e. The van der Waals surface area contributed by atoms with Crippen LogP contribution in [0.4, 0.5) is 0 Å². The number of benzene rings is 1. The highest BCUT2D eigenvalue weighted by Crippen LogP contribution is 2.12. The summed E-state index contributed by atoms with van der Waals surface area (Å²) in [6.07, 6.45) is 1.48. The van der Waals surface area contributed by atoms with Crippen LogP contribution in [-0.2, 0) is 9.84 Å². The lowest BCUT2D eigenvalue weighted by molar-refractivity contribution is 0.0947. The highest BCUT2D eigenvalue weighted by Gasteiger charge is 2.23. The third-order valence-electron chi connectivity index (χ3n) is 2.60. The van der Waals surface area contributed by atoms with Crippen LogP contribution in [0.1, 0.15) is 10.4 Å². The summed E-state index contributed by atoms with van der Waals surface area (Å²) >= 11 is 0. The molecule has 1 aromatic carbocycles. The monoisotopic (exact) mass is 267 g/mol. The van der Waals surface area contributed by atoms with Crippen LogP contribution in [0.2, 0.25) is 0 Å². The van der Waals surface area contributed by atoms with Gasteiger partial charge >= 0.3 is 0 Å². The summed E-state index contributed by atoms with van der Waals surface area (Å²) in [7, 11) is -1.60.